The van der Waals surface area contributed by atoms with Gasteiger partial charge in [-0.3, -0.25) is 0 Å². The van der Waals surface area contributed by atoms with Crippen LogP contribution in [0, 0.1) is 0 Å². The van der Waals surface area contributed by atoms with Crippen molar-refractivity contribution in [3.63, 3.8) is 0 Å². The van der Waals surface area contributed by atoms with Gasteiger partial charge in [-0.1, -0.05) is 0 Å². The van der Waals surface area contributed by atoms with Crippen LogP contribution in [0.25, 0.3) is 10.9 Å². The van der Waals surface area contributed by atoms with Crippen molar-refractivity contribution in [1.29, 1.82) is 0 Å². The van der Waals surface area contributed by atoms with Crippen LogP contribution in [0.15, 0.2) is 28.2 Å². The Balaban J connectivity index is 2.62. The molecule has 0 radical (unpaired) electrons. The second kappa shape index (κ2) is 6.61. The molecule has 4 nitrogen and oxygen atoms in total. The third-order valence-corrected chi connectivity index (χ3v) is 5.58. The molecule has 0 amide bonds. The summed E-state index contributed by atoms with van der Waals surface area (Å²) in [7, 11) is 3.27. The van der Waals surface area contributed by atoms with E-state index in [4.69, 9.17) is 16.3 Å². The van der Waals surface area contributed by atoms with Gasteiger partial charge in [0.15, 0.2) is 0 Å². The van der Waals surface area contributed by atoms with Crippen LogP contribution < -0.4 is 5.56 Å². The Morgan fingerprint density at radius 3 is 2.95 bits per heavy atom. The summed E-state index contributed by atoms with van der Waals surface area (Å²) in [5, 5.41) is 1.00. The van der Waals surface area contributed by atoms with Gasteiger partial charge in [-0.05, 0) is 0 Å². The zero-order valence-electron chi connectivity index (χ0n) is 11.0. The fourth-order valence-corrected chi connectivity index (χ4v) is 4.19. The van der Waals surface area contributed by atoms with Crippen molar-refractivity contribution in [3.05, 3.63) is 33.8 Å². The molecular formula is C12H12ClN2NaO2S. The number of aromatic nitrogens is 2. The van der Waals surface area contributed by atoms with Crippen molar-refractivity contribution < 1.29 is 4.74 Å². The molecule has 0 bridgehead atoms. The van der Waals surface area contributed by atoms with Gasteiger partial charge in [0.1, 0.15) is 0 Å². The molecule has 1 atom stereocenters. The molecule has 1 aromatic carbocycles. The SMILES string of the molecule is COC(C)Cn1cnc2ccc([S][Na])c(Cl)c2c1=O. The van der Waals surface area contributed by atoms with E-state index in [0.717, 1.165) is 31.2 Å². The Morgan fingerprint density at radius 2 is 2.32 bits per heavy atom. The average Bonchev–Trinajstić information content (AvgIpc) is 2.42. The Bertz CT molecular complexity index is 662. The normalized spacial score (nSPS) is 12.9. The molecule has 0 aliphatic carbocycles. The predicted molar refractivity (Wildman–Crippen MR) is 79.1 cm³/mol. The van der Waals surface area contributed by atoms with E-state index in [0.29, 0.717) is 22.5 Å². The van der Waals surface area contributed by atoms with Crippen LogP contribution in [-0.4, -0.2) is 49.1 Å². The fourth-order valence-electron chi connectivity index (χ4n) is 1.82. The van der Waals surface area contributed by atoms with E-state index in [-0.39, 0.29) is 11.7 Å². The van der Waals surface area contributed by atoms with Crippen molar-refractivity contribution in [2.45, 2.75) is 24.5 Å². The molecule has 0 N–H and O–H groups in total. The summed E-state index contributed by atoms with van der Waals surface area (Å²) in [6, 6.07) is 3.75. The average molecular weight is 307 g/mol. The first-order chi connectivity index (χ1) is 9.08. The molecule has 0 saturated heterocycles. The molecular weight excluding hydrogens is 295 g/mol. The van der Waals surface area contributed by atoms with E-state index in [1.54, 1.807) is 25.9 Å². The molecule has 7 heteroatoms. The minimum atomic E-state index is -0.114. The number of methoxy groups -OCH3 is 1. The van der Waals surface area contributed by atoms with Crippen LogP contribution in [0.5, 0.6) is 0 Å². The van der Waals surface area contributed by atoms with Gasteiger partial charge in [-0.15, -0.1) is 0 Å². The van der Waals surface area contributed by atoms with Crippen molar-refractivity contribution in [2.75, 3.05) is 7.11 Å². The van der Waals surface area contributed by atoms with Gasteiger partial charge in [-0.25, -0.2) is 0 Å². The van der Waals surface area contributed by atoms with Crippen LogP contribution >= 0.6 is 19.5 Å². The van der Waals surface area contributed by atoms with Crippen LogP contribution in [0.1, 0.15) is 6.92 Å². The van der Waals surface area contributed by atoms with Gasteiger partial charge < -0.3 is 0 Å². The number of rotatable bonds is 4. The molecule has 2 rings (SSSR count). The molecule has 0 saturated carbocycles. The van der Waals surface area contributed by atoms with E-state index in [1.165, 1.54) is 0 Å². The number of halogens is 1. The van der Waals surface area contributed by atoms with E-state index in [2.05, 4.69) is 4.98 Å². The topological polar surface area (TPSA) is 44.1 Å². The number of hydrogen-bond acceptors (Lipinski definition) is 4. The summed E-state index contributed by atoms with van der Waals surface area (Å²) in [5.74, 6) is 0. The van der Waals surface area contributed by atoms with Gasteiger partial charge in [0.2, 0.25) is 0 Å². The third-order valence-electron chi connectivity index (χ3n) is 2.97. The van der Waals surface area contributed by atoms with Gasteiger partial charge in [0, 0.05) is 0 Å². The van der Waals surface area contributed by atoms with Crippen LogP contribution in [-0.2, 0) is 11.3 Å². The van der Waals surface area contributed by atoms with Crippen molar-refractivity contribution >= 4 is 56.7 Å². The molecule has 0 spiro atoms. The zero-order valence-corrected chi connectivity index (χ0v) is 14.6. The van der Waals surface area contributed by atoms with E-state index in [1.807, 2.05) is 19.1 Å². The molecule has 1 unspecified atom stereocenters. The molecule has 0 fully saturated rings. The quantitative estimate of drug-likeness (QED) is 0.813. The first-order valence-corrected chi connectivity index (χ1v) is 9.88. The monoisotopic (exact) mass is 306 g/mol. The summed E-state index contributed by atoms with van der Waals surface area (Å²) in [5.41, 5.74) is 0.521. The molecule has 0 aliphatic rings. The second-order valence-corrected chi connectivity index (χ2v) is 6.68. The minimum absolute atomic E-state index is 0.0492. The second-order valence-electron chi connectivity index (χ2n) is 4.22. The predicted octanol–water partition coefficient (Wildman–Crippen LogP) is 2.26. The number of fused-ring (bicyclic) bond motifs is 1. The first-order valence-electron chi connectivity index (χ1n) is 5.83. The molecule has 96 valence electrons. The maximum atomic E-state index is 12.5. The van der Waals surface area contributed by atoms with Crippen LogP contribution in [0.4, 0.5) is 0 Å². The third kappa shape index (κ3) is 3.17. The summed E-state index contributed by atoms with van der Waals surface area (Å²) in [6.07, 6.45) is 1.50. The van der Waals surface area contributed by atoms with Crippen LogP contribution in [0.2, 0.25) is 5.02 Å². The van der Waals surface area contributed by atoms with E-state index < -0.39 is 0 Å². The van der Waals surface area contributed by atoms with Crippen LogP contribution in [0.3, 0.4) is 0 Å². The zero-order chi connectivity index (χ0) is 14.0. The van der Waals surface area contributed by atoms with E-state index >= 15 is 0 Å². The van der Waals surface area contributed by atoms with Gasteiger partial charge >= 0.3 is 136 Å². The first kappa shape index (κ1) is 15.4. The Morgan fingerprint density at radius 1 is 1.58 bits per heavy atom. The Hall–Kier alpha value is -0.0400. The van der Waals surface area contributed by atoms with Crippen molar-refractivity contribution in [2.24, 2.45) is 0 Å². The molecule has 1 heterocycles. The Labute approximate surface area is 135 Å². The van der Waals surface area contributed by atoms with Gasteiger partial charge in [0.05, 0.1) is 0 Å². The Kier molecular flexibility index (Phi) is 5.34. The van der Waals surface area contributed by atoms with E-state index in [9.17, 15) is 4.79 Å². The number of hydrogen-bond donors (Lipinski definition) is 0. The van der Waals surface area contributed by atoms with Gasteiger partial charge in [-0.2, -0.15) is 0 Å². The molecule has 0 aliphatic heterocycles. The summed E-state index contributed by atoms with van der Waals surface area (Å²) in [6.45, 7) is 2.37. The molecule has 1 aromatic heterocycles. The van der Waals surface area contributed by atoms with Gasteiger partial charge in [0.25, 0.3) is 0 Å². The number of benzene rings is 1. The van der Waals surface area contributed by atoms with Crippen molar-refractivity contribution in [1.82, 2.24) is 9.55 Å². The number of ether oxygens (including phenoxy) is 1. The molecule has 19 heavy (non-hydrogen) atoms. The summed E-state index contributed by atoms with van der Waals surface area (Å²) in [4.78, 5) is 17.7. The fraction of sp³-hybridized carbons (Fsp3) is 0.333. The molecule has 2 aromatic rings. The maximum absolute atomic E-state index is 12.5. The van der Waals surface area contributed by atoms with Crippen molar-refractivity contribution in [3.8, 4) is 0 Å². The summed E-state index contributed by atoms with van der Waals surface area (Å²) < 4.78 is 6.72. The summed E-state index contributed by atoms with van der Waals surface area (Å²) >= 11 is 7.23. The standard InChI is InChI=1S/C12H13ClN2O2S.Na/c1-7(17-2)5-15-6-14-8-3-4-9(18)11(13)10(8)12(15)16;/h3-4,6-7,18H,5H2,1-2H3;/q;+1/p-1. The number of nitrogens with zero attached hydrogens (tertiary/aromatic N) is 2.